The molecule has 1 heterocycles. The standard InChI is InChI=1S/C29H30NO11.Ac/c1-4-30-15-8-19(40-12(2)24(15)33)41-17-10-29(38,18(32)11-31)9-14-21(17)28(37)23-22(26(14)35)25(34)13-6-5-7-16(39-3)20(13)27(23)36;/h5-7,12,15,17,19,24,30-31,33,35,37-38H,1,8-11H2,2-3H3;/q-1;/t12?,15?,17?,19?,24?,29-;/m0./s1. The van der Waals surface area contributed by atoms with Gasteiger partial charge in [-0.2, -0.15) is 0 Å². The Morgan fingerprint density at radius 2 is 1.88 bits per heavy atom. The third-order valence-electron chi connectivity index (χ3n) is 8.05. The van der Waals surface area contributed by atoms with Gasteiger partial charge < -0.3 is 51.3 Å². The first-order valence-electron chi connectivity index (χ1n) is 13.0. The molecule has 12 nitrogen and oxygen atoms in total. The number of fused-ring (bicyclic) bond motifs is 3. The zero-order chi connectivity index (χ0) is 29.8. The van der Waals surface area contributed by atoms with Gasteiger partial charge in [-0.15, -0.1) is 0 Å². The molecule has 1 aliphatic heterocycles. The summed E-state index contributed by atoms with van der Waals surface area (Å²) in [7, 11) is 1.32. The van der Waals surface area contributed by atoms with Crippen molar-refractivity contribution < 1.29 is 98.2 Å². The summed E-state index contributed by atoms with van der Waals surface area (Å²) < 4.78 is 17.2. The van der Waals surface area contributed by atoms with Gasteiger partial charge in [0.1, 0.15) is 29.5 Å². The molecule has 13 heteroatoms. The number of aromatic hydroxyl groups is 2. The molecule has 1 radical (unpaired) electrons. The van der Waals surface area contributed by atoms with E-state index in [9.17, 15) is 39.9 Å². The van der Waals surface area contributed by atoms with Crippen LogP contribution in [0.25, 0.3) is 0 Å². The molecular weight excluding hydrogens is 765 g/mol. The van der Waals surface area contributed by atoms with Crippen LogP contribution in [0.15, 0.2) is 24.8 Å². The van der Waals surface area contributed by atoms with Crippen LogP contribution in [0.2, 0.25) is 0 Å². The van der Waals surface area contributed by atoms with Crippen LogP contribution in [0.1, 0.15) is 68.8 Å². The van der Waals surface area contributed by atoms with Gasteiger partial charge in [-0.05, 0) is 13.0 Å². The minimum atomic E-state index is -2.25. The predicted octanol–water partition coefficient (Wildman–Crippen LogP) is 0.579. The summed E-state index contributed by atoms with van der Waals surface area (Å²) in [6, 6.07) is 3.78. The van der Waals surface area contributed by atoms with Crippen LogP contribution in [0, 0.1) is 50.3 Å². The molecule has 2 aromatic rings. The summed E-state index contributed by atoms with van der Waals surface area (Å²) in [5, 5.41) is 57.1. The molecule has 0 saturated carbocycles. The second kappa shape index (κ2) is 12.3. The first-order valence-corrected chi connectivity index (χ1v) is 13.0. The number of benzene rings is 2. The molecule has 0 amide bonds. The molecule has 0 aromatic heterocycles. The Hall–Kier alpha value is -2.37. The molecule has 0 bridgehead atoms. The maximum atomic E-state index is 13.7. The van der Waals surface area contributed by atoms with E-state index in [-0.39, 0.29) is 78.5 Å². The number of phenols is 2. The largest absolute Gasteiger partial charge is 0.563 e. The Morgan fingerprint density at radius 3 is 2.52 bits per heavy atom. The number of nitrogens with one attached hydrogen (secondary N) is 1. The van der Waals surface area contributed by atoms with Crippen LogP contribution in [0.5, 0.6) is 17.2 Å². The Bertz CT molecular complexity index is 1460. The zero-order valence-electron chi connectivity index (χ0n) is 22.9. The quantitative estimate of drug-likeness (QED) is 0.111. The minimum absolute atomic E-state index is 0. The van der Waals surface area contributed by atoms with E-state index < -0.39 is 95.7 Å². The second-order valence-corrected chi connectivity index (χ2v) is 10.4. The Labute approximate surface area is 276 Å². The van der Waals surface area contributed by atoms with E-state index in [0.717, 1.165) is 0 Å². The average molecular weight is 796 g/mol. The van der Waals surface area contributed by atoms with Gasteiger partial charge in [-0.3, -0.25) is 21.0 Å². The van der Waals surface area contributed by atoms with Gasteiger partial charge in [0.25, 0.3) is 0 Å². The van der Waals surface area contributed by atoms with Gasteiger partial charge in [0.05, 0.1) is 42.1 Å². The number of phenolic OH excluding ortho intramolecular Hbond substituents is 2. The molecule has 2 aromatic carbocycles. The van der Waals surface area contributed by atoms with Crippen LogP contribution in [0.4, 0.5) is 0 Å². The monoisotopic (exact) mass is 795 g/mol. The van der Waals surface area contributed by atoms with Crippen LogP contribution < -0.4 is 10.1 Å². The number of hydrogen-bond acceptors (Lipinski definition) is 12. The van der Waals surface area contributed by atoms with E-state index >= 15 is 0 Å². The van der Waals surface area contributed by atoms with Crippen LogP contribution in [0.3, 0.4) is 0 Å². The molecule has 221 valence electrons. The molecule has 3 aliphatic rings. The third-order valence-corrected chi connectivity index (χ3v) is 8.05. The summed E-state index contributed by atoms with van der Waals surface area (Å²) in [6.07, 6.45) is -2.56. The molecule has 1 fully saturated rings. The number of ketones is 3. The number of hydrogen-bond donors (Lipinski definition) is 6. The minimum Gasteiger partial charge on any atom is -0.563 e. The van der Waals surface area contributed by atoms with Crippen molar-refractivity contribution >= 4 is 17.3 Å². The molecule has 5 unspecified atom stereocenters. The maximum absolute atomic E-state index is 13.7. The Kier molecular flexibility index (Phi) is 9.55. The third kappa shape index (κ3) is 5.19. The summed E-state index contributed by atoms with van der Waals surface area (Å²) in [6.45, 7) is 4.07. The van der Waals surface area contributed by atoms with Crippen molar-refractivity contribution in [2.24, 2.45) is 0 Å². The van der Waals surface area contributed by atoms with Crippen molar-refractivity contribution in [3.63, 3.8) is 0 Å². The number of rotatable bonds is 7. The van der Waals surface area contributed by atoms with Crippen molar-refractivity contribution in [2.75, 3.05) is 13.7 Å². The number of aliphatic hydroxyl groups is 3. The van der Waals surface area contributed by atoms with E-state index in [1.807, 2.05) is 0 Å². The number of carbonyl (C=O) groups excluding carboxylic acids is 3. The average Bonchev–Trinajstić information content (AvgIpc) is 2.95. The molecule has 42 heavy (non-hydrogen) atoms. The fraction of sp³-hybridized carbons (Fsp3) is 0.414. The summed E-state index contributed by atoms with van der Waals surface area (Å²) in [4.78, 5) is 39.9. The molecule has 5 rings (SSSR count). The maximum Gasteiger partial charge on any atom is 0.202 e. The molecule has 6 atom stereocenters. The molecular formula is C29H30AcNO11-. The SMILES string of the molecule is C=[C-]NC1CC(OC2C[C@](O)(C(=O)CO)Cc3c(O)c4c(c(O)c32)C(=O)c2c(OC)cccc2C4=O)OC(C)C1O.[Ac]. The van der Waals surface area contributed by atoms with Gasteiger partial charge in [-0.1, -0.05) is 12.1 Å². The van der Waals surface area contributed by atoms with Crippen LogP contribution in [-0.4, -0.2) is 86.7 Å². The van der Waals surface area contributed by atoms with E-state index in [1.165, 1.54) is 25.3 Å². The second-order valence-electron chi connectivity index (χ2n) is 10.4. The summed E-state index contributed by atoms with van der Waals surface area (Å²) >= 11 is 0. The smallest absolute Gasteiger partial charge is 0.202 e. The molecule has 2 aliphatic carbocycles. The normalized spacial score (nSPS) is 28.1. The van der Waals surface area contributed by atoms with Gasteiger partial charge in [0, 0.05) is 86.1 Å². The number of aliphatic hydroxyl groups excluding tert-OH is 2. The van der Waals surface area contributed by atoms with Crippen molar-refractivity contribution in [3.8, 4) is 17.2 Å². The predicted molar refractivity (Wildman–Crippen MR) is 140 cm³/mol. The molecule has 0 spiro atoms. The Balaban J connectivity index is 0.00000405. The molecule has 6 N–H and O–H groups in total. The Morgan fingerprint density at radius 1 is 1.19 bits per heavy atom. The van der Waals surface area contributed by atoms with Crippen LogP contribution in [-0.2, 0) is 20.7 Å². The van der Waals surface area contributed by atoms with E-state index in [4.69, 9.17) is 14.2 Å². The summed E-state index contributed by atoms with van der Waals surface area (Å²) in [5.74, 6) is -3.78. The van der Waals surface area contributed by atoms with Gasteiger partial charge in [0.15, 0.2) is 17.9 Å². The topological polar surface area (TPSA) is 192 Å². The van der Waals surface area contributed by atoms with Crippen molar-refractivity contribution in [2.45, 2.75) is 62.4 Å². The van der Waals surface area contributed by atoms with Crippen molar-refractivity contribution in [3.05, 3.63) is 64.4 Å². The first kappa shape index (κ1) is 32.5. The van der Waals surface area contributed by atoms with E-state index in [2.05, 4.69) is 18.1 Å². The van der Waals surface area contributed by atoms with E-state index in [0.29, 0.717) is 0 Å². The fourth-order valence-electron chi connectivity index (χ4n) is 5.99. The first-order chi connectivity index (χ1) is 19.5. The van der Waals surface area contributed by atoms with Gasteiger partial charge in [-0.25, -0.2) is 0 Å². The van der Waals surface area contributed by atoms with Gasteiger partial charge >= 0.3 is 0 Å². The zero-order valence-corrected chi connectivity index (χ0v) is 27.7. The fourth-order valence-corrected chi connectivity index (χ4v) is 5.99. The number of methoxy groups -OCH3 is 1. The van der Waals surface area contributed by atoms with E-state index in [1.54, 1.807) is 6.92 Å². The number of ether oxygens (including phenoxy) is 3. The van der Waals surface area contributed by atoms with Gasteiger partial charge in [0.2, 0.25) is 5.78 Å². The van der Waals surface area contributed by atoms with Crippen molar-refractivity contribution in [1.82, 2.24) is 5.32 Å². The van der Waals surface area contributed by atoms with Crippen molar-refractivity contribution in [1.29, 1.82) is 0 Å². The summed E-state index contributed by atoms with van der Waals surface area (Å²) in [5.41, 5.74) is -3.64. The molecule has 1 saturated heterocycles. The number of Topliss-reactive ketones (excluding diaryl/α,β-unsaturated/α-hetero) is 1. The number of carbonyl (C=O) groups is 3. The van der Waals surface area contributed by atoms with Crippen LogP contribution >= 0.6 is 0 Å².